The summed E-state index contributed by atoms with van der Waals surface area (Å²) in [5.41, 5.74) is 2.95. The number of hydrogen-bond acceptors (Lipinski definition) is 3. The molecule has 0 bridgehead atoms. The monoisotopic (exact) mass is 254 g/mol. The largest absolute Gasteiger partial charge is 0.370 e. The molecule has 2 rings (SSSR count). The molecule has 2 aromatic rings. The van der Waals surface area contributed by atoms with Crippen LogP contribution in [0.2, 0.25) is 0 Å². The highest BCUT2D eigenvalue weighted by Gasteiger charge is 2.12. The van der Waals surface area contributed by atoms with Crippen LogP contribution in [0.3, 0.4) is 0 Å². The van der Waals surface area contributed by atoms with Crippen LogP contribution in [-0.4, -0.2) is 17.8 Å². The van der Waals surface area contributed by atoms with Crippen molar-refractivity contribution < 1.29 is 4.79 Å². The van der Waals surface area contributed by atoms with Crippen LogP contribution < -0.4 is 4.90 Å². The van der Waals surface area contributed by atoms with Crippen LogP contribution in [0, 0.1) is 0 Å². The molecule has 0 amide bonds. The average Bonchev–Trinajstić information content (AvgIpc) is 2.47. The van der Waals surface area contributed by atoms with Crippen molar-refractivity contribution in [3.63, 3.8) is 0 Å². The molecule has 1 aromatic heterocycles. The summed E-state index contributed by atoms with van der Waals surface area (Å²) in [6.07, 6.45) is 4.10. The third-order valence-electron chi connectivity index (χ3n) is 3.11. The summed E-state index contributed by atoms with van der Waals surface area (Å²) in [4.78, 5) is 18.1. The number of nitrogens with zero attached hydrogens (tertiary/aromatic N) is 2. The third-order valence-corrected chi connectivity index (χ3v) is 3.11. The first kappa shape index (κ1) is 13.3. The first-order valence-electron chi connectivity index (χ1n) is 6.44. The molecule has 0 spiro atoms. The molecular formula is C16H18N2O. The fraction of sp³-hybridized carbons (Fsp3) is 0.250. The summed E-state index contributed by atoms with van der Waals surface area (Å²) < 4.78 is 0. The molecule has 19 heavy (non-hydrogen) atoms. The van der Waals surface area contributed by atoms with Crippen molar-refractivity contribution in [1.82, 2.24) is 4.98 Å². The summed E-state index contributed by atoms with van der Waals surface area (Å²) in [5.74, 6) is 0.178. The Balaban J connectivity index is 2.24. The topological polar surface area (TPSA) is 33.2 Å². The first-order valence-corrected chi connectivity index (χ1v) is 6.44. The fourth-order valence-electron chi connectivity index (χ4n) is 2.08. The van der Waals surface area contributed by atoms with Crippen LogP contribution in [0.25, 0.3) is 0 Å². The maximum atomic E-state index is 12.0. The van der Waals surface area contributed by atoms with Crippen LogP contribution in [0.15, 0.2) is 48.8 Å². The average molecular weight is 254 g/mol. The van der Waals surface area contributed by atoms with Gasteiger partial charge in [-0.1, -0.05) is 19.1 Å². The minimum atomic E-state index is 0.178. The fourth-order valence-corrected chi connectivity index (χ4v) is 2.08. The van der Waals surface area contributed by atoms with Crippen molar-refractivity contribution in [1.29, 1.82) is 0 Å². The Kier molecular flexibility index (Phi) is 4.29. The van der Waals surface area contributed by atoms with Gasteiger partial charge in [-0.2, -0.15) is 0 Å². The number of carbonyl (C=O) groups excluding carboxylic acids is 1. The van der Waals surface area contributed by atoms with Gasteiger partial charge in [0.1, 0.15) is 0 Å². The third kappa shape index (κ3) is 3.19. The molecule has 1 heterocycles. The van der Waals surface area contributed by atoms with Crippen LogP contribution >= 0.6 is 0 Å². The summed E-state index contributed by atoms with van der Waals surface area (Å²) >= 11 is 0. The van der Waals surface area contributed by atoms with Gasteiger partial charge in [0.05, 0.1) is 0 Å². The van der Waals surface area contributed by atoms with Gasteiger partial charge in [-0.3, -0.25) is 9.78 Å². The van der Waals surface area contributed by atoms with Crippen LogP contribution in [0.4, 0.5) is 5.69 Å². The highest BCUT2D eigenvalue weighted by atomic mass is 16.1. The Morgan fingerprint density at radius 3 is 2.53 bits per heavy atom. The molecule has 0 saturated carbocycles. The van der Waals surface area contributed by atoms with E-state index in [1.807, 2.05) is 50.4 Å². The zero-order valence-corrected chi connectivity index (χ0v) is 11.3. The zero-order chi connectivity index (χ0) is 13.7. The predicted molar refractivity (Wildman–Crippen MR) is 77.4 cm³/mol. The number of pyridine rings is 1. The summed E-state index contributed by atoms with van der Waals surface area (Å²) in [7, 11) is 2.00. The van der Waals surface area contributed by atoms with Crippen molar-refractivity contribution in [3.8, 4) is 0 Å². The van der Waals surface area contributed by atoms with E-state index in [1.165, 1.54) is 5.56 Å². The summed E-state index contributed by atoms with van der Waals surface area (Å²) in [6.45, 7) is 2.65. The molecule has 98 valence electrons. The van der Waals surface area contributed by atoms with Crippen molar-refractivity contribution in [2.24, 2.45) is 0 Å². The second-order valence-corrected chi connectivity index (χ2v) is 4.51. The lowest BCUT2D eigenvalue weighted by Crippen LogP contribution is -2.19. The molecule has 0 aliphatic carbocycles. The molecule has 1 aromatic carbocycles. The number of benzene rings is 1. The second kappa shape index (κ2) is 6.14. The Labute approximate surface area is 113 Å². The molecule has 0 N–H and O–H groups in total. The molecule has 0 aliphatic heterocycles. The van der Waals surface area contributed by atoms with Crippen molar-refractivity contribution >= 4 is 11.5 Å². The minimum absolute atomic E-state index is 0.178. The van der Waals surface area contributed by atoms with Gasteiger partial charge >= 0.3 is 0 Å². The van der Waals surface area contributed by atoms with Crippen molar-refractivity contribution in [2.75, 3.05) is 11.9 Å². The number of para-hydroxylation sites is 1. The lowest BCUT2D eigenvalue weighted by Gasteiger charge is -2.22. The first-order chi connectivity index (χ1) is 9.22. The highest BCUT2D eigenvalue weighted by Crippen LogP contribution is 2.22. The lowest BCUT2D eigenvalue weighted by atomic mass is 10.1. The molecule has 0 radical (unpaired) electrons. The van der Waals surface area contributed by atoms with Crippen LogP contribution in [-0.2, 0) is 6.54 Å². The number of ketones is 1. The van der Waals surface area contributed by atoms with Gasteiger partial charge in [-0.05, 0) is 29.8 Å². The Hall–Kier alpha value is -2.16. The standard InChI is InChI=1S/C16H18N2O/c1-3-16(19)14-6-4-5-7-15(14)18(2)12-13-8-10-17-11-9-13/h4-11H,3,12H2,1-2H3. The van der Waals surface area contributed by atoms with E-state index >= 15 is 0 Å². The smallest absolute Gasteiger partial charge is 0.164 e. The molecule has 0 aliphatic rings. The van der Waals surface area contributed by atoms with Crippen molar-refractivity contribution in [2.45, 2.75) is 19.9 Å². The van der Waals surface area contributed by atoms with Gasteiger partial charge in [-0.15, -0.1) is 0 Å². The molecule has 0 fully saturated rings. The van der Waals surface area contributed by atoms with Crippen LogP contribution in [0.1, 0.15) is 29.3 Å². The molecule has 3 nitrogen and oxygen atoms in total. The molecular weight excluding hydrogens is 236 g/mol. The quantitative estimate of drug-likeness (QED) is 0.767. The lowest BCUT2D eigenvalue weighted by molar-refractivity contribution is 0.0988. The van der Waals surface area contributed by atoms with E-state index in [0.29, 0.717) is 6.42 Å². The number of aromatic nitrogens is 1. The predicted octanol–water partition coefficient (Wildman–Crippen LogP) is 3.31. The van der Waals surface area contributed by atoms with E-state index in [4.69, 9.17) is 0 Å². The van der Waals surface area contributed by atoms with Gasteiger partial charge in [-0.25, -0.2) is 0 Å². The Morgan fingerprint density at radius 1 is 1.16 bits per heavy atom. The maximum Gasteiger partial charge on any atom is 0.164 e. The maximum absolute atomic E-state index is 12.0. The number of carbonyl (C=O) groups is 1. The number of anilines is 1. The number of Topliss-reactive ketones (excluding diaryl/α,β-unsaturated/α-hetero) is 1. The highest BCUT2D eigenvalue weighted by molar-refractivity contribution is 6.01. The summed E-state index contributed by atoms with van der Waals surface area (Å²) in [5, 5.41) is 0. The number of rotatable bonds is 5. The van der Waals surface area contributed by atoms with Gasteiger partial charge in [0.25, 0.3) is 0 Å². The molecule has 3 heteroatoms. The van der Waals surface area contributed by atoms with Gasteiger partial charge in [0, 0.05) is 43.7 Å². The molecule has 0 unspecified atom stereocenters. The zero-order valence-electron chi connectivity index (χ0n) is 11.3. The van der Waals surface area contributed by atoms with Gasteiger partial charge in [0.2, 0.25) is 0 Å². The number of hydrogen-bond donors (Lipinski definition) is 0. The van der Waals surface area contributed by atoms with Crippen LogP contribution in [0.5, 0.6) is 0 Å². The minimum Gasteiger partial charge on any atom is -0.370 e. The van der Waals surface area contributed by atoms with E-state index < -0.39 is 0 Å². The van der Waals surface area contributed by atoms with E-state index in [-0.39, 0.29) is 5.78 Å². The van der Waals surface area contributed by atoms with Gasteiger partial charge in [0.15, 0.2) is 5.78 Å². The molecule has 0 atom stereocenters. The van der Waals surface area contributed by atoms with Crippen molar-refractivity contribution in [3.05, 3.63) is 59.9 Å². The summed E-state index contributed by atoms with van der Waals surface area (Å²) in [6, 6.07) is 11.7. The van der Waals surface area contributed by atoms with E-state index in [0.717, 1.165) is 17.8 Å². The van der Waals surface area contributed by atoms with E-state index in [9.17, 15) is 4.79 Å². The Bertz CT molecular complexity index is 552. The SMILES string of the molecule is CCC(=O)c1ccccc1N(C)Cc1ccncc1. The normalized spacial score (nSPS) is 10.2. The van der Waals surface area contributed by atoms with E-state index in [2.05, 4.69) is 9.88 Å². The second-order valence-electron chi connectivity index (χ2n) is 4.51. The Morgan fingerprint density at radius 2 is 1.84 bits per heavy atom. The molecule has 0 saturated heterocycles. The van der Waals surface area contributed by atoms with E-state index in [1.54, 1.807) is 12.4 Å². The van der Waals surface area contributed by atoms with Gasteiger partial charge < -0.3 is 4.90 Å².